The molecule has 6 heteroatoms. The number of fused-ring (bicyclic) bond motifs is 1. The number of hydrogen-bond acceptors (Lipinski definition) is 4. The third-order valence-electron chi connectivity index (χ3n) is 7.17. The fraction of sp³-hybridized carbons (Fsp3) is 0.0833. The first-order valence-electron chi connectivity index (χ1n) is 13.7. The standard InChI is InChI=1S/C36H28N2O4/c1-24-19-25(2)21-26(20-24)23-42-33-18-17-27-11-9-10-16-30(27)31(33)22-32-34(39)37(28-12-5-3-6-13-28)36(41)38(35(32)40)29-14-7-4-8-15-29/h3-22H,23H2,1-2H3. The molecule has 5 aromatic rings. The Labute approximate surface area is 244 Å². The highest BCUT2D eigenvalue weighted by Crippen LogP contribution is 2.34. The molecule has 1 saturated heterocycles. The summed E-state index contributed by atoms with van der Waals surface area (Å²) in [5, 5.41) is 1.74. The molecule has 206 valence electrons. The quantitative estimate of drug-likeness (QED) is 0.161. The van der Waals surface area contributed by atoms with Crippen LogP contribution in [-0.4, -0.2) is 17.8 Å². The Balaban J connectivity index is 1.50. The van der Waals surface area contributed by atoms with Gasteiger partial charge in [0.05, 0.1) is 11.4 Å². The highest BCUT2D eigenvalue weighted by atomic mass is 16.5. The minimum absolute atomic E-state index is 0.144. The van der Waals surface area contributed by atoms with Crippen molar-refractivity contribution in [3.8, 4) is 5.75 Å². The molecule has 6 nitrogen and oxygen atoms in total. The number of ether oxygens (including phenoxy) is 1. The van der Waals surface area contributed by atoms with Gasteiger partial charge in [0.25, 0.3) is 11.8 Å². The monoisotopic (exact) mass is 552 g/mol. The van der Waals surface area contributed by atoms with Gasteiger partial charge >= 0.3 is 6.03 Å². The number of barbiturate groups is 1. The van der Waals surface area contributed by atoms with Gasteiger partial charge < -0.3 is 4.74 Å². The lowest BCUT2D eigenvalue weighted by Gasteiger charge is -2.34. The third kappa shape index (κ3) is 5.06. The summed E-state index contributed by atoms with van der Waals surface area (Å²) in [6, 6.07) is 34.3. The Bertz CT molecular complexity index is 1780. The van der Waals surface area contributed by atoms with Crippen LogP contribution in [0.2, 0.25) is 0 Å². The van der Waals surface area contributed by atoms with Gasteiger partial charge in [0.1, 0.15) is 17.9 Å². The number of aryl methyl sites for hydroxylation is 2. The fourth-order valence-corrected chi connectivity index (χ4v) is 5.35. The average molecular weight is 553 g/mol. The summed E-state index contributed by atoms with van der Waals surface area (Å²) in [6.45, 7) is 4.39. The third-order valence-corrected chi connectivity index (χ3v) is 7.17. The molecule has 6 rings (SSSR count). The Hall–Kier alpha value is -5.49. The number of imide groups is 2. The van der Waals surface area contributed by atoms with E-state index in [2.05, 4.69) is 18.2 Å². The van der Waals surface area contributed by atoms with Gasteiger partial charge in [0.15, 0.2) is 0 Å². The minimum atomic E-state index is -0.733. The summed E-state index contributed by atoms with van der Waals surface area (Å²) in [6.07, 6.45) is 1.56. The fourth-order valence-electron chi connectivity index (χ4n) is 5.35. The van der Waals surface area contributed by atoms with Crippen LogP contribution in [0, 0.1) is 13.8 Å². The van der Waals surface area contributed by atoms with Gasteiger partial charge in [-0.3, -0.25) is 9.59 Å². The summed E-state index contributed by atoms with van der Waals surface area (Å²) >= 11 is 0. The zero-order chi connectivity index (χ0) is 29.2. The molecule has 0 N–H and O–H groups in total. The van der Waals surface area contributed by atoms with Crippen LogP contribution in [0.1, 0.15) is 22.3 Å². The van der Waals surface area contributed by atoms with Crippen LogP contribution in [0.5, 0.6) is 5.75 Å². The summed E-state index contributed by atoms with van der Waals surface area (Å²) in [4.78, 5) is 43.7. The smallest absolute Gasteiger partial charge is 0.343 e. The summed E-state index contributed by atoms with van der Waals surface area (Å²) < 4.78 is 6.34. The molecule has 0 atom stereocenters. The highest BCUT2D eigenvalue weighted by molar-refractivity contribution is 6.46. The average Bonchev–Trinajstić information content (AvgIpc) is 2.99. The molecule has 0 unspecified atom stereocenters. The predicted molar refractivity (Wildman–Crippen MR) is 165 cm³/mol. The molecule has 1 aliphatic rings. The topological polar surface area (TPSA) is 66.9 Å². The van der Waals surface area contributed by atoms with E-state index in [1.165, 1.54) is 0 Å². The number of urea groups is 1. The molecule has 4 amide bonds. The first-order valence-corrected chi connectivity index (χ1v) is 13.7. The number of carbonyl (C=O) groups excluding carboxylic acids is 3. The van der Waals surface area contributed by atoms with Crippen molar-refractivity contribution in [2.75, 3.05) is 9.80 Å². The minimum Gasteiger partial charge on any atom is -0.488 e. The molecule has 1 aliphatic heterocycles. The van der Waals surface area contributed by atoms with E-state index in [0.717, 1.165) is 37.3 Å². The van der Waals surface area contributed by atoms with E-state index in [1.807, 2.05) is 50.2 Å². The summed E-state index contributed by atoms with van der Waals surface area (Å²) in [5.74, 6) is -0.872. The van der Waals surface area contributed by atoms with E-state index in [9.17, 15) is 14.4 Å². The maximum Gasteiger partial charge on any atom is 0.343 e. The molecule has 0 radical (unpaired) electrons. The SMILES string of the molecule is Cc1cc(C)cc(COc2ccc3ccccc3c2C=C2C(=O)N(c3ccccc3)C(=O)N(c3ccccc3)C2=O)c1. The van der Waals surface area contributed by atoms with Gasteiger partial charge in [-0.2, -0.15) is 0 Å². The molecule has 0 saturated carbocycles. The van der Waals surface area contributed by atoms with E-state index in [0.29, 0.717) is 29.3 Å². The summed E-state index contributed by atoms with van der Waals surface area (Å²) in [5.41, 5.74) is 4.48. The van der Waals surface area contributed by atoms with Crippen molar-refractivity contribution >= 4 is 46.1 Å². The number of benzene rings is 5. The lowest BCUT2D eigenvalue weighted by atomic mass is 9.99. The number of nitrogens with zero attached hydrogens (tertiary/aromatic N) is 2. The van der Waals surface area contributed by atoms with E-state index >= 15 is 0 Å². The molecule has 0 spiro atoms. The molecule has 42 heavy (non-hydrogen) atoms. The first-order chi connectivity index (χ1) is 20.4. The van der Waals surface area contributed by atoms with Crippen molar-refractivity contribution in [3.63, 3.8) is 0 Å². The van der Waals surface area contributed by atoms with Gasteiger partial charge in [-0.15, -0.1) is 0 Å². The molecule has 1 fully saturated rings. The Morgan fingerprint density at radius 1 is 0.643 bits per heavy atom. The van der Waals surface area contributed by atoms with Crippen molar-refractivity contribution < 1.29 is 19.1 Å². The molecule has 1 heterocycles. The zero-order valence-corrected chi connectivity index (χ0v) is 23.3. The van der Waals surface area contributed by atoms with Crippen LogP contribution >= 0.6 is 0 Å². The van der Waals surface area contributed by atoms with Crippen molar-refractivity contribution in [3.05, 3.63) is 143 Å². The van der Waals surface area contributed by atoms with E-state index < -0.39 is 17.8 Å². The highest BCUT2D eigenvalue weighted by Gasteiger charge is 2.43. The number of anilines is 2. The van der Waals surface area contributed by atoms with Gasteiger partial charge in [0.2, 0.25) is 0 Å². The van der Waals surface area contributed by atoms with E-state index in [1.54, 1.807) is 66.7 Å². The number of rotatable bonds is 6. The molecular formula is C36H28N2O4. The Kier molecular flexibility index (Phi) is 7.11. The van der Waals surface area contributed by atoms with Crippen LogP contribution in [-0.2, 0) is 16.2 Å². The van der Waals surface area contributed by atoms with Crippen molar-refractivity contribution in [2.45, 2.75) is 20.5 Å². The second-order valence-corrected chi connectivity index (χ2v) is 10.3. The van der Waals surface area contributed by atoms with Gasteiger partial charge in [0, 0.05) is 5.56 Å². The lowest BCUT2D eigenvalue weighted by molar-refractivity contribution is -0.121. The molecule has 5 aromatic carbocycles. The number of hydrogen-bond donors (Lipinski definition) is 0. The largest absolute Gasteiger partial charge is 0.488 e. The maximum absolute atomic E-state index is 14.0. The van der Waals surface area contributed by atoms with E-state index in [4.69, 9.17) is 4.74 Å². The van der Waals surface area contributed by atoms with Gasteiger partial charge in [-0.1, -0.05) is 96.1 Å². The van der Waals surface area contributed by atoms with Crippen LogP contribution in [0.25, 0.3) is 16.8 Å². The number of amides is 4. The van der Waals surface area contributed by atoms with Crippen molar-refractivity contribution in [1.82, 2.24) is 0 Å². The Morgan fingerprint density at radius 2 is 1.19 bits per heavy atom. The normalized spacial score (nSPS) is 13.6. The van der Waals surface area contributed by atoms with Gasteiger partial charge in [-0.25, -0.2) is 14.6 Å². The van der Waals surface area contributed by atoms with Crippen LogP contribution in [0.3, 0.4) is 0 Å². The van der Waals surface area contributed by atoms with Crippen LogP contribution < -0.4 is 14.5 Å². The molecule has 0 aromatic heterocycles. The predicted octanol–water partition coefficient (Wildman–Crippen LogP) is 7.62. The van der Waals surface area contributed by atoms with Gasteiger partial charge in [-0.05, 0) is 66.6 Å². The lowest BCUT2D eigenvalue weighted by Crippen LogP contribution is -2.57. The zero-order valence-electron chi connectivity index (χ0n) is 23.3. The number of carbonyl (C=O) groups is 3. The van der Waals surface area contributed by atoms with E-state index in [-0.39, 0.29) is 5.57 Å². The van der Waals surface area contributed by atoms with Crippen LogP contribution in [0.15, 0.2) is 121 Å². The molecule has 0 aliphatic carbocycles. The number of para-hydroxylation sites is 2. The first kappa shape index (κ1) is 26.7. The Morgan fingerprint density at radius 3 is 1.79 bits per heavy atom. The van der Waals surface area contributed by atoms with Crippen molar-refractivity contribution in [1.29, 1.82) is 0 Å². The molecular weight excluding hydrogens is 524 g/mol. The van der Waals surface area contributed by atoms with Crippen LogP contribution in [0.4, 0.5) is 16.2 Å². The summed E-state index contributed by atoms with van der Waals surface area (Å²) in [7, 11) is 0. The molecule has 0 bridgehead atoms. The second kappa shape index (κ2) is 11.2. The van der Waals surface area contributed by atoms with Crippen molar-refractivity contribution in [2.24, 2.45) is 0 Å². The maximum atomic E-state index is 14.0. The second-order valence-electron chi connectivity index (χ2n) is 10.3.